The van der Waals surface area contributed by atoms with Crippen LogP contribution in [0, 0.1) is 21.7 Å². The van der Waals surface area contributed by atoms with Gasteiger partial charge < -0.3 is 10.3 Å². The maximum absolute atomic E-state index is 13.8. The lowest BCUT2D eigenvalue weighted by molar-refractivity contribution is -0.384. The van der Waals surface area contributed by atoms with Gasteiger partial charge in [0.25, 0.3) is 11.6 Å². The van der Waals surface area contributed by atoms with Gasteiger partial charge in [-0.05, 0) is 18.2 Å². The smallest absolute Gasteiger partial charge is 0.269 e. The van der Waals surface area contributed by atoms with Gasteiger partial charge in [0.05, 0.1) is 15.8 Å². The summed E-state index contributed by atoms with van der Waals surface area (Å²) in [4.78, 5) is 37.0. The first kappa shape index (κ1) is 16.2. The van der Waals surface area contributed by atoms with E-state index in [9.17, 15) is 28.5 Å². The second-order valence-corrected chi connectivity index (χ2v) is 5.10. The van der Waals surface area contributed by atoms with E-state index in [1.54, 1.807) is 0 Å². The lowest BCUT2D eigenvalue weighted by atomic mass is 10.1. The van der Waals surface area contributed by atoms with Crippen LogP contribution < -0.4 is 10.7 Å². The van der Waals surface area contributed by atoms with E-state index in [2.05, 4.69) is 10.3 Å². The minimum absolute atomic E-state index is 0.0746. The topological polar surface area (TPSA) is 105 Å². The van der Waals surface area contributed by atoms with Crippen molar-refractivity contribution < 1.29 is 18.5 Å². The third-order valence-corrected chi connectivity index (χ3v) is 3.48. The van der Waals surface area contributed by atoms with Gasteiger partial charge in [0, 0.05) is 30.1 Å². The fourth-order valence-corrected chi connectivity index (χ4v) is 2.30. The fraction of sp³-hybridized carbons (Fsp3) is 0. The number of anilines is 1. The molecule has 0 aliphatic rings. The summed E-state index contributed by atoms with van der Waals surface area (Å²) in [7, 11) is 0. The summed E-state index contributed by atoms with van der Waals surface area (Å²) < 4.78 is 27.0. The molecule has 3 rings (SSSR count). The van der Waals surface area contributed by atoms with E-state index in [0.717, 1.165) is 12.3 Å². The van der Waals surface area contributed by atoms with E-state index >= 15 is 0 Å². The molecule has 7 nitrogen and oxygen atoms in total. The number of pyridine rings is 1. The van der Waals surface area contributed by atoms with Crippen molar-refractivity contribution in [2.45, 2.75) is 0 Å². The van der Waals surface area contributed by atoms with Gasteiger partial charge in [-0.3, -0.25) is 19.7 Å². The number of hydrogen-bond donors (Lipinski definition) is 2. The van der Waals surface area contributed by atoms with Gasteiger partial charge in [-0.15, -0.1) is 0 Å². The molecule has 0 saturated heterocycles. The van der Waals surface area contributed by atoms with Crippen LogP contribution in [0.25, 0.3) is 10.9 Å². The average molecular weight is 345 g/mol. The number of nitro benzene ring substituents is 1. The van der Waals surface area contributed by atoms with Crippen molar-refractivity contribution in [3.63, 3.8) is 0 Å². The molecule has 1 heterocycles. The first-order chi connectivity index (χ1) is 11.9. The van der Waals surface area contributed by atoms with Gasteiger partial charge in [-0.25, -0.2) is 8.78 Å². The number of carbonyl (C=O) groups excluding carboxylic acids is 1. The van der Waals surface area contributed by atoms with E-state index in [1.165, 1.54) is 24.3 Å². The van der Waals surface area contributed by atoms with E-state index in [4.69, 9.17) is 0 Å². The highest BCUT2D eigenvalue weighted by atomic mass is 19.1. The van der Waals surface area contributed by atoms with Crippen molar-refractivity contribution in [1.29, 1.82) is 0 Å². The van der Waals surface area contributed by atoms with E-state index in [-0.39, 0.29) is 22.5 Å². The van der Waals surface area contributed by atoms with Gasteiger partial charge in [-0.1, -0.05) is 0 Å². The summed E-state index contributed by atoms with van der Waals surface area (Å²) in [6.45, 7) is 0. The molecule has 3 aromatic rings. The van der Waals surface area contributed by atoms with Crippen molar-refractivity contribution in [1.82, 2.24) is 4.98 Å². The number of nitrogens with zero attached hydrogens (tertiary/aromatic N) is 1. The Kier molecular flexibility index (Phi) is 3.97. The molecule has 0 atom stereocenters. The Morgan fingerprint density at radius 1 is 1.16 bits per heavy atom. The van der Waals surface area contributed by atoms with Crippen LogP contribution in [0.1, 0.15) is 10.4 Å². The summed E-state index contributed by atoms with van der Waals surface area (Å²) in [5.41, 5.74) is -1.29. The molecule has 2 aromatic carbocycles. The predicted molar refractivity (Wildman–Crippen MR) is 85.5 cm³/mol. The minimum atomic E-state index is -1.08. The molecule has 0 radical (unpaired) electrons. The molecule has 0 saturated carbocycles. The number of amides is 1. The lowest BCUT2D eigenvalue weighted by Crippen LogP contribution is -2.22. The number of fused-ring (bicyclic) bond motifs is 1. The van der Waals surface area contributed by atoms with Gasteiger partial charge >= 0.3 is 0 Å². The maximum atomic E-state index is 13.8. The van der Waals surface area contributed by atoms with Crippen LogP contribution in [0.15, 0.2) is 47.4 Å². The van der Waals surface area contributed by atoms with Crippen molar-refractivity contribution in [3.05, 3.63) is 80.1 Å². The van der Waals surface area contributed by atoms with E-state index in [0.29, 0.717) is 6.07 Å². The minimum Gasteiger partial charge on any atom is -0.360 e. The van der Waals surface area contributed by atoms with Crippen molar-refractivity contribution in [3.8, 4) is 0 Å². The van der Waals surface area contributed by atoms with Crippen LogP contribution in [0.2, 0.25) is 0 Å². The summed E-state index contributed by atoms with van der Waals surface area (Å²) in [6, 6.07) is 6.45. The highest BCUT2D eigenvalue weighted by Crippen LogP contribution is 2.17. The van der Waals surface area contributed by atoms with Crippen LogP contribution in [0.4, 0.5) is 20.2 Å². The quantitative estimate of drug-likeness (QED) is 0.562. The number of aromatic amines is 1. The molecule has 0 bridgehead atoms. The highest BCUT2D eigenvalue weighted by molar-refractivity contribution is 6.05. The number of H-pyrrole nitrogens is 1. The second kappa shape index (κ2) is 6.11. The summed E-state index contributed by atoms with van der Waals surface area (Å²) >= 11 is 0. The van der Waals surface area contributed by atoms with Crippen LogP contribution >= 0.6 is 0 Å². The zero-order chi connectivity index (χ0) is 18.1. The van der Waals surface area contributed by atoms with Gasteiger partial charge in [0.1, 0.15) is 17.2 Å². The molecule has 0 fully saturated rings. The second-order valence-electron chi connectivity index (χ2n) is 5.10. The average Bonchev–Trinajstić information content (AvgIpc) is 2.54. The molecule has 126 valence electrons. The normalized spacial score (nSPS) is 10.6. The van der Waals surface area contributed by atoms with Crippen LogP contribution in [-0.4, -0.2) is 15.8 Å². The largest absolute Gasteiger partial charge is 0.360 e. The number of nitro groups is 1. The van der Waals surface area contributed by atoms with Gasteiger partial charge in [-0.2, -0.15) is 0 Å². The van der Waals surface area contributed by atoms with Crippen LogP contribution in [0.5, 0.6) is 0 Å². The standard InChI is InChI=1S/C16H9F2N3O4/c17-8-5-12(18)14-13(6-8)19-7-11(15(14)22)16(23)20-9-1-3-10(4-2-9)21(24)25/h1-7H,(H,19,22)(H,20,23). The molecular weight excluding hydrogens is 336 g/mol. The number of non-ortho nitro benzene ring substituents is 1. The summed E-state index contributed by atoms with van der Waals surface area (Å²) in [6.07, 6.45) is 1.05. The Balaban J connectivity index is 1.96. The van der Waals surface area contributed by atoms with Crippen LogP contribution in [0.3, 0.4) is 0 Å². The number of halogens is 2. The van der Waals surface area contributed by atoms with Crippen LogP contribution in [-0.2, 0) is 0 Å². The molecular formula is C16H9F2N3O4. The lowest BCUT2D eigenvalue weighted by Gasteiger charge is -2.06. The molecule has 0 unspecified atom stereocenters. The van der Waals surface area contributed by atoms with Gasteiger partial charge in [0.15, 0.2) is 0 Å². The number of benzene rings is 2. The third kappa shape index (κ3) is 3.07. The van der Waals surface area contributed by atoms with Crippen molar-refractivity contribution >= 4 is 28.2 Å². The Labute approximate surface area is 138 Å². The third-order valence-electron chi connectivity index (χ3n) is 3.48. The van der Waals surface area contributed by atoms with E-state index in [1.807, 2.05) is 0 Å². The first-order valence-corrected chi connectivity index (χ1v) is 6.93. The monoisotopic (exact) mass is 345 g/mol. The Morgan fingerprint density at radius 3 is 2.48 bits per heavy atom. The van der Waals surface area contributed by atoms with Crippen molar-refractivity contribution in [2.24, 2.45) is 0 Å². The zero-order valence-corrected chi connectivity index (χ0v) is 12.4. The fourth-order valence-electron chi connectivity index (χ4n) is 2.30. The molecule has 0 aliphatic heterocycles. The van der Waals surface area contributed by atoms with Crippen molar-refractivity contribution in [2.75, 3.05) is 5.32 Å². The maximum Gasteiger partial charge on any atom is 0.269 e. The first-order valence-electron chi connectivity index (χ1n) is 6.93. The predicted octanol–water partition coefficient (Wildman–Crippen LogP) is 2.97. The Hall–Kier alpha value is -3.62. The molecule has 0 spiro atoms. The number of hydrogen-bond acceptors (Lipinski definition) is 4. The molecule has 1 amide bonds. The Bertz CT molecular complexity index is 1060. The number of aromatic nitrogens is 1. The Morgan fingerprint density at radius 2 is 1.84 bits per heavy atom. The zero-order valence-electron chi connectivity index (χ0n) is 12.4. The molecule has 2 N–H and O–H groups in total. The number of nitrogens with one attached hydrogen (secondary N) is 2. The highest BCUT2D eigenvalue weighted by Gasteiger charge is 2.17. The van der Waals surface area contributed by atoms with Gasteiger partial charge in [0.2, 0.25) is 5.43 Å². The summed E-state index contributed by atoms with van der Waals surface area (Å²) in [5, 5.41) is 12.5. The SMILES string of the molecule is O=C(Nc1ccc([N+](=O)[O-])cc1)c1c[nH]c2cc(F)cc(F)c2c1=O. The summed E-state index contributed by atoms with van der Waals surface area (Å²) in [5.74, 6) is -2.77. The number of carbonyl (C=O) groups is 1. The molecule has 9 heteroatoms. The molecule has 25 heavy (non-hydrogen) atoms. The number of rotatable bonds is 3. The molecule has 1 aromatic heterocycles. The molecule has 0 aliphatic carbocycles. The van der Waals surface area contributed by atoms with E-state index < -0.39 is 33.3 Å².